The number of hydrogen-bond acceptors (Lipinski definition) is 3. The predicted octanol–water partition coefficient (Wildman–Crippen LogP) is 1.48. The van der Waals surface area contributed by atoms with Crippen molar-refractivity contribution < 1.29 is 13.2 Å². The number of nitrogen functional groups attached to an aromatic ring is 1. The van der Waals surface area contributed by atoms with Gasteiger partial charge in [0.15, 0.2) is 23.3 Å². The maximum Gasteiger partial charge on any atom is 0.218 e. The molecule has 0 unspecified atom stereocenters. The van der Waals surface area contributed by atoms with Gasteiger partial charge >= 0.3 is 0 Å². The molecule has 2 N–H and O–H groups in total. The van der Waals surface area contributed by atoms with Crippen LogP contribution in [0.25, 0.3) is 11.4 Å². The van der Waals surface area contributed by atoms with E-state index in [0.717, 1.165) is 12.1 Å². The van der Waals surface area contributed by atoms with Gasteiger partial charge in [0.25, 0.3) is 0 Å². The number of anilines is 1. The van der Waals surface area contributed by atoms with Crippen molar-refractivity contribution in [2.75, 3.05) is 5.73 Å². The molecule has 0 bridgehead atoms. The zero-order chi connectivity index (χ0) is 11.9. The highest BCUT2D eigenvalue weighted by Gasteiger charge is 2.14. The zero-order valence-electron chi connectivity index (χ0n) is 8.21. The number of aryl methyl sites for hydroxylation is 1. The van der Waals surface area contributed by atoms with Crippen LogP contribution in [0.5, 0.6) is 0 Å². The molecule has 0 aliphatic rings. The number of aromatic nitrogens is 3. The second-order valence-electron chi connectivity index (χ2n) is 3.17. The van der Waals surface area contributed by atoms with Crippen LogP contribution < -0.4 is 5.73 Å². The maximum absolute atomic E-state index is 12.9. The van der Waals surface area contributed by atoms with Gasteiger partial charge in [-0.15, -0.1) is 5.10 Å². The molecule has 7 heteroatoms. The predicted molar refractivity (Wildman–Crippen MR) is 50.7 cm³/mol. The minimum absolute atomic E-state index is 0.0312. The Kier molecular flexibility index (Phi) is 2.30. The van der Waals surface area contributed by atoms with E-state index >= 15 is 0 Å². The normalized spacial score (nSPS) is 10.8. The molecule has 0 amide bonds. The Labute approximate surface area is 88.5 Å². The first-order valence-electron chi connectivity index (χ1n) is 4.30. The third-order valence-electron chi connectivity index (χ3n) is 2.04. The molecule has 0 radical (unpaired) electrons. The van der Waals surface area contributed by atoms with Gasteiger partial charge in [-0.25, -0.2) is 17.9 Å². The first kappa shape index (κ1) is 10.5. The van der Waals surface area contributed by atoms with Crippen molar-refractivity contribution >= 4 is 5.95 Å². The third kappa shape index (κ3) is 1.60. The van der Waals surface area contributed by atoms with Gasteiger partial charge in [0.2, 0.25) is 5.95 Å². The second kappa shape index (κ2) is 3.51. The van der Waals surface area contributed by atoms with Crippen molar-refractivity contribution in [1.82, 2.24) is 14.8 Å². The molecule has 4 nitrogen and oxygen atoms in total. The van der Waals surface area contributed by atoms with Crippen molar-refractivity contribution in [3.05, 3.63) is 29.6 Å². The number of nitrogens with zero attached hydrogens (tertiary/aromatic N) is 3. The van der Waals surface area contributed by atoms with Gasteiger partial charge in [-0.05, 0) is 12.1 Å². The van der Waals surface area contributed by atoms with Gasteiger partial charge in [0, 0.05) is 12.6 Å². The lowest BCUT2D eigenvalue weighted by Gasteiger charge is -1.98. The molecule has 2 aromatic rings. The van der Waals surface area contributed by atoms with Crippen molar-refractivity contribution in [2.24, 2.45) is 7.05 Å². The summed E-state index contributed by atoms with van der Waals surface area (Å²) in [6.07, 6.45) is 0. The van der Waals surface area contributed by atoms with Gasteiger partial charge in [-0.3, -0.25) is 0 Å². The van der Waals surface area contributed by atoms with E-state index in [9.17, 15) is 13.2 Å². The molecule has 0 aliphatic heterocycles. The first-order valence-corrected chi connectivity index (χ1v) is 4.30. The van der Waals surface area contributed by atoms with Crippen molar-refractivity contribution in [3.63, 3.8) is 0 Å². The molecule has 0 saturated carbocycles. The summed E-state index contributed by atoms with van der Waals surface area (Å²) in [5.41, 5.74) is 5.44. The first-order chi connectivity index (χ1) is 7.49. The molecular formula is C9H7F3N4. The molecule has 0 saturated heterocycles. The van der Waals surface area contributed by atoms with Gasteiger partial charge in [-0.2, -0.15) is 4.98 Å². The lowest BCUT2D eigenvalue weighted by molar-refractivity contribution is 0.447. The van der Waals surface area contributed by atoms with Gasteiger partial charge in [-0.1, -0.05) is 0 Å². The summed E-state index contributed by atoms with van der Waals surface area (Å²) in [5, 5.41) is 3.82. The van der Waals surface area contributed by atoms with E-state index in [4.69, 9.17) is 5.73 Å². The maximum atomic E-state index is 12.9. The smallest absolute Gasteiger partial charge is 0.218 e. The number of benzene rings is 1. The summed E-state index contributed by atoms with van der Waals surface area (Å²) in [6, 6.07) is 1.63. The molecule has 16 heavy (non-hydrogen) atoms. The van der Waals surface area contributed by atoms with Crippen LogP contribution in [0, 0.1) is 17.5 Å². The largest absolute Gasteiger partial charge is 0.368 e. The van der Waals surface area contributed by atoms with Crippen LogP contribution in [0.1, 0.15) is 0 Å². The van der Waals surface area contributed by atoms with Gasteiger partial charge in [0.05, 0.1) is 0 Å². The van der Waals surface area contributed by atoms with Gasteiger partial charge in [0.1, 0.15) is 0 Å². The summed E-state index contributed by atoms with van der Waals surface area (Å²) in [7, 11) is 1.53. The van der Waals surface area contributed by atoms with E-state index in [1.54, 1.807) is 0 Å². The second-order valence-corrected chi connectivity index (χ2v) is 3.17. The summed E-state index contributed by atoms with van der Waals surface area (Å²) in [4.78, 5) is 3.77. The van der Waals surface area contributed by atoms with E-state index in [1.807, 2.05) is 0 Å². The minimum Gasteiger partial charge on any atom is -0.368 e. The molecule has 0 atom stereocenters. The molecule has 2 rings (SSSR count). The molecule has 0 spiro atoms. The van der Waals surface area contributed by atoms with E-state index < -0.39 is 17.5 Å². The Morgan fingerprint density at radius 3 is 2.19 bits per heavy atom. The fraction of sp³-hybridized carbons (Fsp3) is 0.111. The Balaban J connectivity index is 2.56. The van der Waals surface area contributed by atoms with Crippen molar-refractivity contribution in [1.29, 1.82) is 0 Å². The summed E-state index contributed by atoms with van der Waals surface area (Å²) in [5.74, 6) is -3.97. The Morgan fingerprint density at radius 2 is 1.75 bits per heavy atom. The van der Waals surface area contributed by atoms with Crippen LogP contribution >= 0.6 is 0 Å². The standard InChI is InChI=1S/C9H7F3N4/c1-16-9(13)14-8(15-16)4-2-5(10)7(12)6(11)3-4/h2-3H,1H3,(H2,13,14,15). The fourth-order valence-corrected chi connectivity index (χ4v) is 1.20. The fourth-order valence-electron chi connectivity index (χ4n) is 1.20. The number of halogens is 3. The van der Waals surface area contributed by atoms with E-state index in [1.165, 1.54) is 11.7 Å². The van der Waals surface area contributed by atoms with Crippen molar-refractivity contribution in [2.45, 2.75) is 0 Å². The molecule has 0 aliphatic carbocycles. The average Bonchev–Trinajstić information content (AvgIpc) is 2.55. The number of rotatable bonds is 1. The lowest BCUT2D eigenvalue weighted by atomic mass is 10.2. The number of hydrogen-bond donors (Lipinski definition) is 1. The highest BCUT2D eigenvalue weighted by atomic mass is 19.2. The summed E-state index contributed by atoms with van der Waals surface area (Å²) in [6.45, 7) is 0. The number of nitrogens with two attached hydrogens (primary N) is 1. The highest BCUT2D eigenvalue weighted by molar-refractivity contribution is 5.56. The molecular weight excluding hydrogens is 221 g/mol. The molecule has 0 fully saturated rings. The van der Waals surface area contributed by atoms with Crippen LogP contribution in [-0.2, 0) is 7.05 Å². The topological polar surface area (TPSA) is 56.7 Å². The van der Waals surface area contributed by atoms with E-state index in [-0.39, 0.29) is 17.3 Å². The molecule has 84 valence electrons. The summed E-state index contributed by atoms with van der Waals surface area (Å²) < 4.78 is 39.8. The lowest BCUT2D eigenvalue weighted by Crippen LogP contribution is -1.97. The molecule has 1 aromatic carbocycles. The van der Waals surface area contributed by atoms with Crippen LogP contribution in [0.2, 0.25) is 0 Å². The van der Waals surface area contributed by atoms with Gasteiger partial charge < -0.3 is 5.73 Å². The minimum atomic E-state index is -1.52. The Morgan fingerprint density at radius 1 is 1.19 bits per heavy atom. The van der Waals surface area contributed by atoms with Crippen molar-refractivity contribution in [3.8, 4) is 11.4 Å². The highest BCUT2D eigenvalue weighted by Crippen LogP contribution is 2.21. The van der Waals surface area contributed by atoms with E-state index in [2.05, 4.69) is 10.1 Å². The third-order valence-corrected chi connectivity index (χ3v) is 2.04. The molecule has 1 heterocycles. The van der Waals surface area contributed by atoms with Crippen LogP contribution in [-0.4, -0.2) is 14.8 Å². The zero-order valence-corrected chi connectivity index (χ0v) is 8.21. The van der Waals surface area contributed by atoms with Crippen LogP contribution in [0.4, 0.5) is 19.1 Å². The van der Waals surface area contributed by atoms with E-state index in [0.29, 0.717) is 0 Å². The Bertz CT molecular complexity index is 507. The Hall–Kier alpha value is -2.05. The van der Waals surface area contributed by atoms with Crippen LogP contribution in [0.15, 0.2) is 12.1 Å². The average molecular weight is 228 g/mol. The quantitative estimate of drug-likeness (QED) is 0.752. The SMILES string of the molecule is Cn1nc(-c2cc(F)c(F)c(F)c2)nc1N. The van der Waals surface area contributed by atoms with Crippen LogP contribution in [0.3, 0.4) is 0 Å². The summed E-state index contributed by atoms with van der Waals surface area (Å²) >= 11 is 0. The molecule has 1 aromatic heterocycles. The monoisotopic (exact) mass is 228 g/mol.